The number of ether oxygens (including phenoxy) is 1. The van der Waals surface area contributed by atoms with Gasteiger partial charge >= 0.3 is 0 Å². The van der Waals surface area contributed by atoms with Crippen LogP contribution in [-0.4, -0.2) is 19.1 Å². The normalized spacial score (nSPS) is 12.1. The highest BCUT2D eigenvalue weighted by molar-refractivity contribution is 6.12. The molecule has 0 bridgehead atoms. The summed E-state index contributed by atoms with van der Waals surface area (Å²) in [5.74, 6) is 2.23. The Morgan fingerprint density at radius 2 is 1.00 bits per heavy atom. The quantitative estimate of drug-likeness (QED) is 0.183. The molecule has 0 radical (unpaired) electrons. The number of aromatic nitrogens is 4. The number of benzene rings is 8. The highest BCUT2D eigenvalue weighted by Crippen LogP contribution is 2.46. The van der Waals surface area contributed by atoms with E-state index in [0.717, 1.165) is 72.3 Å². The molecule has 12 rings (SSSR count). The Morgan fingerprint density at radius 3 is 1.85 bits per heavy atom. The Bertz CT molecular complexity index is 3340. The number of hydrogen-bond donors (Lipinski definition) is 0. The maximum atomic E-state index is 6.29. The Hall–Kier alpha value is -7.50. The van der Waals surface area contributed by atoms with Crippen molar-refractivity contribution in [1.82, 2.24) is 19.1 Å². The van der Waals surface area contributed by atoms with Crippen LogP contribution in [0.1, 0.15) is 0 Å². The van der Waals surface area contributed by atoms with Crippen molar-refractivity contribution < 1.29 is 4.74 Å². The fourth-order valence-electron chi connectivity index (χ4n) is 8.62. The molecule has 256 valence electrons. The highest BCUT2D eigenvalue weighted by Gasteiger charge is 2.24. The molecule has 1 aliphatic rings. The largest absolute Gasteiger partial charge is 0.456 e. The molecule has 0 saturated heterocycles. The van der Waals surface area contributed by atoms with Crippen LogP contribution >= 0.6 is 0 Å². The predicted octanol–water partition coefficient (Wildman–Crippen LogP) is 12.9. The van der Waals surface area contributed by atoms with Gasteiger partial charge in [-0.1, -0.05) is 115 Å². The Kier molecular flexibility index (Phi) is 6.27. The van der Waals surface area contributed by atoms with Gasteiger partial charge in [0.05, 0.1) is 38.7 Å². The first kappa shape index (κ1) is 30.0. The standard InChI is InChI=1S/C50H30N4O/c1-2-11-31(12-3-1)32-21-25-35(26-22-32)53-42-17-7-4-13-36(42)38-27-23-34(30-45(38)53)33-24-28-44-40(29-33)37-14-5-8-18-43(37)54(44)50-51-41-16-10-20-47-48(41)49(52-50)39-15-6-9-19-46(39)55-47/h1-30H. The van der Waals surface area contributed by atoms with Crippen LogP contribution in [0.4, 0.5) is 0 Å². The molecule has 0 amide bonds. The molecule has 1 aliphatic heterocycles. The minimum absolute atomic E-state index is 0.638. The van der Waals surface area contributed by atoms with Crippen LogP contribution in [0.5, 0.6) is 11.5 Å². The third-order valence-electron chi connectivity index (χ3n) is 11.1. The minimum atomic E-state index is 0.638. The van der Waals surface area contributed by atoms with Crippen LogP contribution in [0.3, 0.4) is 0 Å². The van der Waals surface area contributed by atoms with Gasteiger partial charge in [-0.25, -0.2) is 9.97 Å². The van der Waals surface area contributed by atoms with E-state index < -0.39 is 0 Å². The van der Waals surface area contributed by atoms with Crippen LogP contribution in [-0.2, 0) is 0 Å². The van der Waals surface area contributed by atoms with Gasteiger partial charge in [0.15, 0.2) is 0 Å². The van der Waals surface area contributed by atoms with E-state index in [9.17, 15) is 0 Å². The van der Waals surface area contributed by atoms with Crippen molar-refractivity contribution in [3.8, 4) is 56.6 Å². The maximum Gasteiger partial charge on any atom is 0.235 e. The molecular weight excluding hydrogens is 673 g/mol. The van der Waals surface area contributed by atoms with E-state index >= 15 is 0 Å². The van der Waals surface area contributed by atoms with Crippen molar-refractivity contribution in [3.05, 3.63) is 182 Å². The van der Waals surface area contributed by atoms with Gasteiger partial charge in [-0.2, -0.15) is 0 Å². The minimum Gasteiger partial charge on any atom is -0.456 e. The first-order chi connectivity index (χ1) is 27.3. The van der Waals surface area contributed by atoms with Gasteiger partial charge < -0.3 is 9.30 Å². The summed E-state index contributed by atoms with van der Waals surface area (Å²) in [6.45, 7) is 0. The third-order valence-corrected chi connectivity index (χ3v) is 11.1. The van der Waals surface area contributed by atoms with E-state index in [2.05, 4.69) is 155 Å². The zero-order chi connectivity index (χ0) is 36.0. The molecule has 0 spiro atoms. The lowest BCUT2D eigenvalue weighted by molar-refractivity contribution is 0.486. The van der Waals surface area contributed by atoms with Gasteiger partial charge in [-0.15, -0.1) is 0 Å². The summed E-state index contributed by atoms with van der Waals surface area (Å²) in [4.78, 5) is 10.4. The summed E-state index contributed by atoms with van der Waals surface area (Å²) in [5, 5.41) is 5.72. The number of nitrogens with zero attached hydrogens (tertiary/aromatic N) is 4. The molecule has 11 aromatic rings. The predicted molar refractivity (Wildman–Crippen MR) is 225 cm³/mol. The van der Waals surface area contributed by atoms with Crippen molar-refractivity contribution in [3.63, 3.8) is 0 Å². The van der Waals surface area contributed by atoms with Crippen LogP contribution < -0.4 is 4.74 Å². The Morgan fingerprint density at radius 1 is 0.382 bits per heavy atom. The van der Waals surface area contributed by atoms with Crippen molar-refractivity contribution in [1.29, 1.82) is 0 Å². The van der Waals surface area contributed by atoms with Gasteiger partial charge in [0.1, 0.15) is 11.5 Å². The first-order valence-electron chi connectivity index (χ1n) is 18.6. The van der Waals surface area contributed by atoms with Crippen molar-refractivity contribution in [2.24, 2.45) is 0 Å². The second-order valence-electron chi connectivity index (χ2n) is 14.2. The summed E-state index contributed by atoms with van der Waals surface area (Å²) in [5.41, 5.74) is 13.1. The molecule has 0 unspecified atom stereocenters. The molecule has 55 heavy (non-hydrogen) atoms. The van der Waals surface area contributed by atoms with Crippen LogP contribution in [0, 0.1) is 0 Å². The van der Waals surface area contributed by atoms with Gasteiger partial charge in [-0.05, 0) is 89.0 Å². The maximum absolute atomic E-state index is 6.29. The fourth-order valence-corrected chi connectivity index (χ4v) is 8.62. The molecule has 5 nitrogen and oxygen atoms in total. The topological polar surface area (TPSA) is 44.9 Å². The van der Waals surface area contributed by atoms with E-state index in [1.807, 2.05) is 36.4 Å². The molecule has 0 saturated carbocycles. The van der Waals surface area contributed by atoms with E-state index in [0.29, 0.717) is 5.95 Å². The van der Waals surface area contributed by atoms with Crippen LogP contribution in [0.2, 0.25) is 0 Å². The monoisotopic (exact) mass is 702 g/mol. The zero-order valence-electron chi connectivity index (χ0n) is 29.5. The first-order valence-corrected chi connectivity index (χ1v) is 18.6. The van der Waals surface area contributed by atoms with Crippen molar-refractivity contribution in [2.75, 3.05) is 0 Å². The second kappa shape index (κ2) is 11.5. The van der Waals surface area contributed by atoms with Gasteiger partial charge in [0.25, 0.3) is 0 Å². The molecule has 0 atom stereocenters. The smallest absolute Gasteiger partial charge is 0.235 e. The molecule has 0 aliphatic carbocycles. The van der Waals surface area contributed by atoms with Crippen molar-refractivity contribution >= 4 is 54.5 Å². The lowest BCUT2D eigenvalue weighted by Crippen LogP contribution is -2.06. The van der Waals surface area contributed by atoms with Gasteiger partial charge in [0, 0.05) is 32.8 Å². The lowest BCUT2D eigenvalue weighted by atomic mass is 10.0. The van der Waals surface area contributed by atoms with Gasteiger partial charge in [0.2, 0.25) is 5.95 Å². The van der Waals surface area contributed by atoms with Gasteiger partial charge in [-0.3, -0.25) is 4.57 Å². The second-order valence-corrected chi connectivity index (χ2v) is 14.2. The van der Waals surface area contributed by atoms with Crippen LogP contribution in [0.25, 0.3) is 99.7 Å². The van der Waals surface area contributed by atoms with E-state index in [1.54, 1.807) is 0 Å². The number of fused-ring (bicyclic) bond motifs is 8. The number of rotatable bonds is 4. The summed E-state index contributed by atoms with van der Waals surface area (Å²) >= 11 is 0. The fraction of sp³-hybridized carbons (Fsp3) is 0. The summed E-state index contributed by atoms with van der Waals surface area (Å²) in [6, 6.07) is 64.5. The summed E-state index contributed by atoms with van der Waals surface area (Å²) in [7, 11) is 0. The molecular formula is C50H30N4O. The molecule has 8 aromatic carbocycles. The highest BCUT2D eigenvalue weighted by atomic mass is 16.5. The van der Waals surface area contributed by atoms with Crippen molar-refractivity contribution in [2.45, 2.75) is 0 Å². The Balaban J connectivity index is 1.03. The molecule has 0 fully saturated rings. The zero-order valence-corrected chi connectivity index (χ0v) is 29.5. The third kappa shape index (κ3) is 4.47. The molecule has 4 heterocycles. The molecule has 0 N–H and O–H groups in total. The van der Waals surface area contributed by atoms with E-state index in [-0.39, 0.29) is 0 Å². The number of para-hydroxylation sites is 3. The summed E-state index contributed by atoms with van der Waals surface area (Å²) in [6.07, 6.45) is 0. The van der Waals surface area contributed by atoms with Crippen LogP contribution in [0.15, 0.2) is 182 Å². The lowest BCUT2D eigenvalue weighted by Gasteiger charge is -2.20. The molecule has 3 aromatic heterocycles. The average molecular weight is 703 g/mol. The molecule has 5 heteroatoms. The van der Waals surface area contributed by atoms with E-state index in [4.69, 9.17) is 14.7 Å². The number of hydrogen-bond acceptors (Lipinski definition) is 3. The summed E-state index contributed by atoms with van der Waals surface area (Å²) < 4.78 is 10.9. The SMILES string of the molecule is c1ccc(-c2ccc(-n3c4ccccc4c4ccc(-c5ccc6c(c5)c5ccccc5n6-c5nc6c7c(cccc7n5)Oc5ccccc5-6)cc43)cc2)cc1. The average Bonchev–Trinajstić information content (AvgIpc) is 3.76. The Labute approximate surface area is 316 Å². The van der Waals surface area contributed by atoms with E-state index in [1.165, 1.54) is 32.9 Å².